The number of aromatic nitrogens is 1. The molecule has 1 aromatic heterocycles. The van der Waals surface area contributed by atoms with E-state index in [9.17, 15) is 0 Å². The summed E-state index contributed by atoms with van der Waals surface area (Å²) in [6.45, 7) is 0. The SMILES string of the molecule is Clc1ccnc(-c2ccc(I)cc2)c1Cl. The zero-order valence-electron chi connectivity index (χ0n) is 7.55. The van der Waals surface area contributed by atoms with E-state index < -0.39 is 0 Å². The number of pyridine rings is 1. The largest absolute Gasteiger partial charge is 0.255 e. The molecular weight excluding hydrogens is 344 g/mol. The molecule has 0 radical (unpaired) electrons. The van der Waals surface area contributed by atoms with Crippen molar-refractivity contribution in [2.75, 3.05) is 0 Å². The van der Waals surface area contributed by atoms with E-state index in [1.165, 1.54) is 3.57 Å². The second-order valence-corrected chi connectivity index (χ2v) is 4.99. The van der Waals surface area contributed by atoms with E-state index in [0.717, 1.165) is 11.3 Å². The van der Waals surface area contributed by atoms with Crippen LogP contribution in [0.3, 0.4) is 0 Å². The van der Waals surface area contributed by atoms with Gasteiger partial charge < -0.3 is 0 Å². The minimum atomic E-state index is 0.500. The molecule has 1 heterocycles. The molecule has 2 aromatic rings. The summed E-state index contributed by atoms with van der Waals surface area (Å²) in [5.41, 5.74) is 1.70. The normalized spacial score (nSPS) is 10.3. The van der Waals surface area contributed by atoms with Crippen LogP contribution in [0.1, 0.15) is 0 Å². The van der Waals surface area contributed by atoms with Gasteiger partial charge in [-0.05, 0) is 40.8 Å². The fourth-order valence-corrected chi connectivity index (χ4v) is 1.96. The Kier molecular flexibility index (Phi) is 3.49. The van der Waals surface area contributed by atoms with Gasteiger partial charge in [0.2, 0.25) is 0 Å². The van der Waals surface area contributed by atoms with Gasteiger partial charge in [-0.3, -0.25) is 4.98 Å². The van der Waals surface area contributed by atoms with Crippen molar-refractivity contribution in [3.63, 3.8) is 0 Å². The van der Waals surface area contributed by atoms with E-state index in [2.05, 4.69) is 27.6 Å². The lowest BCUT2D eigenvalue weighted by Crippen LogP contribution is -1.85. The third kappa shape index (κ3) is 2.44. The van der Waals surface area contributed by atoms with Crippen LogP contribution in [0.2, 0.25) is 10.0 Å². The summed E-state index contributed by atoms with van der Waals surface area (Å²) >= 11 is 14.2. The minimum Gasteiger partial charge on any atom is -0.255 e. The molecule has 0 saturated carbocycles. The number of rotatable bonds is 1. The molecule has 0 unspecified atom stereocenters. The zero-order valence-corrected chi connectivity index (χ0v) is 11.2. The van der Waals surface area contributed by atoms with Gasteiger partial charge in [-0.2, -0.15) is 0 Å². The number of nitrogens with zero attached hydrogens (tertiary/aromatic N) is 1. The minimum absolute atomic E-state index is 0.500. The summed E-state index contributed by atoms with van der Waals surface area (Å²) in [5.74, 6) is 0. The fourth-order valence-electron chi connectivity index (χ4n) is 1.23. The van der Waals surface area contributed by atoms with Crippen molar-refractivity contribution < 1.29 is 0 Å². The first-order chi connectivity index (χ1) is 7.18. The van der Waals surface area contributed by atoms with Crippen LogP contribution in [0.4, 0.5) is 0 Å². The summed E-state index contributed by atoms with van der Waals surface area (Å²) in [7, 11) is 0. The number of hydrogen-bond acceptors (Lipinski definition) is 1. The Morgan fingerprint density at radius 1 is 1.00 bits per heavy atom. The maximum atomic E-state index is 6.07. The van der Waals surface area contributed by atoms with E-state index >= 15 is 0 Å². The second kappa shape index (κ2) is 4.68. The quantitative estimate of drug-likeness (QED) is 0.682. The van der Waals surface area contributed by atoms with E-state index in [0.29, 0.717) is 10.0 Å². The van der Waals surface area contributed by atoms with Crippen molar-refractivity contribution in [1.82, 2.24) is 4.98 Å². The van der Waals surface area contributed by atoms with Gasteiger partial charge in [0.25, 0.3) is 0 Å². The van der Waals surface area contributed by atoms with Crippen molar-refractivity contribution >= 4 is 45.8 Å². The monoisotopic (exact) mass is 349 g/mol. The average Bonchev–Trinajstić information content (AvgIpc) is 2.24. The zero-order chi connectivity index (χ0) is 10.8. The molecule has 1 aromatic carbocycles. The molecule has 76 valence electrons. The van der Waals surface area contributed by atoms with Gasteiger partial charge in [0.05, 0.1) is 15.7 Å². The number of benzene rings is 1. The van der Waals surface area contributed by atoms with Crippen LogP contribution in [0.15, 0.2) is 36.5 Å². The summed E-state index contributed by atoms with van der Waals surface area (Å²) in [4.78, 5) is 4.22. The molecule has 0 aliphatic rings. The van der Waals surface area contributed by atoms with Gasteiger partial charge in [-0.25, -0.2) is 0 Å². The number of halogens is 3. The maximum Gasteiger partial charge on any atom is 0.0903 e. The standard InChI is InChI=1S/C11H6Cl2IN/c12-9-5-6-15-11(10(9)13)7-1-3-8(14)4-2-7/h1-6H. The Morgan fingerprint density at radius 2 is 1.67 bits per heavy atom. The van der Waals surface area contributed by atoms with Crippen LogP contribution >= 0.6 is 45.8 Å². The van der Waals surface area contributed by atoms with Gasteiger partial charge >= 0.3 is 0 Å². The van der Waals surface area contributed by atoms with Gasteiger partial charge in [-0.1, -0.05) is 35.3 Å². The molecule has 1 nitrogen and oxygen atoms in total. The Bertz CT molecular complexity index is 482. The van der Waals surface area contributed by atoms with Crippen LogP contribution in [-0.4, -0.2) is 4.98 Å². The van der Waals surface area contributed by atoms with E-state index in [-0.39, 0.29) is 0 Å². The Morgan fingerprint density at radius 3 is 2.33 bits per heavy atom. The highest BCUT2D eigenvalue weighted by molar-refractivity contribution is 14.1. The van der Waals surface area contributed by atoms with Crippen molar-refractivity contribution in [3.8, 4) is 11.3 Å². The lowest BCUT2D eigenvalue weighted by molar-refractivity contribution is 1.32. The van der Waals surface area contributed by atoms with Gasteiger partial charge in [0.15, 0.2) is 0 Å². The summed E-state index contributed by atoms with van der Waals surface area (Å²) in [5, 5.41) is 1.03. The van der Waals surface area contributed by atoms with E-state index in [1.54, 1.807) is 12.3 Å². The highest BCUT2D eigenvalue weighted by Gasteiger charge is 2.07. The maximum absolute atomic E-state index is 6.07. The second-order valence-electron chi connectivity index (χ2n) is 2.96. The molecular formula is C11H6Cl2IN. The van der Waals surface area contributed by atoms with Crippen LogP contribution in [0.25, 0.3) is 11.3 Å². The first kappa shape index (κ1) is 11.2. The molecule has 0 aliphatic carbocycles. The van der Waals surface area contributed by atoms with Gasteiger partial charge in [-0.15, -0.1) is 0 Å². The lowest BCUT2D eigenvalue weighted by atomic mass is 10.1. The molecule has 0 N–H and O–H groups in total. The van der Waals surface area contributed by atoms with Crippen LogP contribution in [0.5, 0.6) is 0 Å². The topological polar surface area (TPSA) is 12.9 Å². The van der Waals surface area contributed by atoms with Gasteiger partial charge in [0, 0.05) is 15.3 Å². The Balaban J connectivity index is 2.54. The molecule has 0 amide bonds. The highest BCUT2D eigenvalue weighted by Crippen LogP contribution is 2.31. The van der Waals surface area contributed by atoms with Crippen molar-refractivity contribution in [1.29, 1.82) is 0 Å². The molecule has 0 fully saturated rings. The van der Waals surface area contributed by atoms with Crippen LogP contribution in [-0.2, 0) is 0 Å². The molecule has 0 atom stereocenters. The summed E-state index contributed by atoms with van der Waals surface area (Å²) < 4.78 is 1.18. The molecule has 4 heteroatoms. The molecule has 0 aliphatic heterocycles. The number of hydrogen-bond donors (Lipinski definition) is 0. The highest BCUT2D eigenvalue weighted by atomic mass is 127. The molecule has 0 bridgehead atoms. The first-order valence-corrected chi connectivity index (χ1v) is 6.08. The molecule has 15 heavy (non-hydrogen) atoms. The van der Waals surface area contributed by atoms with Crippen molar-refractivity contribution in [2.45, 2.75) is 0 Å². The fraction of sp³-hybridized carbons (Fsp3) is 0. The van der Waals surface area contributed by atoms with E-state index in [4.69, 9.17) is 23.2 Å². The predicted octanol–water partition coefficient (Wildman–Crippen LogP) is 4.66. The Hall–Kier alpha value is -0.320. The van der Waals surface area contributed by atoms with Crippen molar-refractivity contribution in [3.05, 3.63) is 50.1 Å². The van der Waals surface area contributed by atoms with E-state index in [1.807, 2.05) is 24.3 Å². The predicted molar refractivity (Wildman–Crippen MR) is 72.4 cm³/mol. The summed E-state index contributed by atoms with van der Waals surface area (Å²) in [6, 6.07) is 9.66. The third-order valence-corrected chi connectivity index (χ3v) is 3.47. The smallest absolute Gasteiger partial charge is 0.0903 e. The van der Waals surface area contributed by atoms with Gasteiger partial charge in [0.1, 0.15) is 0 Å². The Labute approximate surface area is 112 Å². The molecule has 2 rings (SSSR count). The third-order valence-electron chi connectivity index (χ3n) is 1.96. The lowest BCUT2D eigenvalue weighted by Gasteiger charge is -2.04. The molecule has 0 saturated heterocycles. The van der Waals surface area contributed by atoms with Crippen LogP contribution in [0, 0.1) is 3.57 Å². The first-order valence-electron chi connectivity index (χ1n) is 4.24. The van der Waals surface area contributed by atoms with Crippen molar-refractivity contribution in [2.24, 2.45) is 0 Å². The summed E-state index contributed by atoms with van der Waals surface area (Å²) in [6.07, 6.45) is 1.65. The molecule has 0 spiro atoms. The average molecular weight is 350 g/mol. The van der Waals surface area contributed by atoms with Crippen LogP contribution < -0.4 is 0 Å².